The van der Waals surface area contributed by atoms with Crippen LogP contribution in [0.5, 0.6) is 17.2 Å². The molecule has 2 aromatic carbocycles. The van der Waals surface area contributed by atoms with Gasteiger partial charge < -0.3 is 24.8 Å². The number of ether oxygens (including phenoxy) is 3. The summed E-state index contributed by atoms with van der Waals surface area (Å²) in [6.07, 6.45) is 1.71. The maximum Gasteiger partial charge on any atom is 0.323 e. The molecule has 2 N–H and O–H groups in total. The number of carbonyl (C=O) groups is 1. The number of hydrogen-bond donors (Lipinski definition) is 2. The first-order chi connectivity index (χ1) is 16.4. The van der Waals surface area contributed by atoms with Crippen LogP contribution in [0.3, 0.4) is 0 Å². The fraction of sp³-hybridized carbons (Fsp3) is 0.160. The molecule has 174 valence electrons. The standard InChI is InChI=1S/C25H24N4O5/c1-16-10-11-29-23(12-16)26-18(13-24(29)30)15-34-19-6-4-17(5-7-19)27-25(31)28-21-9-8-20(32-2)14-22(21)33-3/h4-14H,15H2,1-3H3,(H2,27,28,31). The van der Waals surface area contributed by atoms with Crippen molar-refractivity contribution in [2.75, 3.05) is 24.9 Å². The Morgan fingerprint density at radius 2 is 1.71 bits per heavy atom. The van der Waals surface area contributed by atoms with Gasteiger partial charge in [-0.2, -0.15) is 0 Å². The summed E-state index contributed by atoms with van der Waals surface area (Å²) in [5.41, 5.74) is 3.05. The van der Waals surface area contributed by atoms with Crippen molar-refractivity contribution in [3.05, 3.63) is 88.5 Å². The van der Waals surface area contributed by atoms with Gasteiger partial charge in [-0.3, -0.25) is 9.20 Å². The van der Waals surface area contributed by atoms with Gasteiger partial charge in [0.2, 0.25) is 0 Å². The van der Waals surface area contributed by atoms with Gasteiger partial charge in [-0.05, 0) is 61.0 Å². The zero-order valence-electron chi connectivity index (χ0n) is 19.0. The van der Waals surface area contributed by atoms with E-state index in [0.29, 0.717) is 40.0 Å². The van der Waals surface area contributed by atoms with E-state index in [2.05, 4.69) is 15.6 Å². The lowest BCUT2D eigenvalue weighted by Crippen LogP contribution is -2.19. The topological polar surface area (TPSA) is 103 Å². The third-order valence-corrected chi connectivity index (χ3v) is 5.03. The molecule has 4 aromatic rings. The van der Waals surface area contributed by atoms with E-state index in [-0.39, 0.29) is 12.2 Å². The molecule has 0 atom stereocenters. The SMILES string of the molecule is COc1ccc(NC(=O)Nc2ccc(OCc3cc(=O)n4ccc(C)cc4n3)cc2)c(OC)c1. The van der Waals surface area contributed by atoms with Crippen LogP contribution in [0.2, 0.25) is 0 Å². The Morgan fingerprint density at radius 3 is 2.44 bits per heavy atom. The first kappa shape index (κ1) is 22.7. The van der Waals surface area contributed by atoms with E-state index in [1.807, 2.05) is 19.1 Å². The van der Waals surface area contributed by atoms with Gasteiger partial charge in [0.05, 0.1) is 25.6 Å². The molecule has 34 heavy (non-hydrogen) atoms. The highest BCUT2D eigenvalue weighted by Crippen LogP contribution is 2.29. The molecule has 2 heterocycles. The molecule has 0 aliphatic heterocycles. The smallest absolute Gasteiger partial charge is 0.323 e. The number of fused-ring (bicyclic) bond motifs is 1. The number of nitrogens with one attached hydrogen (secondary N) is 2. The minimum Gasteiger partial charge on any atom is -0.497 e. The molecule has 0 saturated heterocycles. The molecular formula is C25H24N4O5. The lowest BCUT2D eigenvalue weighted by Gasteiger charge is -2.13. The second-order valence-corrected chi connectivity index (χ2v) is 7.48. The number of carbonyl (C=O) groups excluding carboxylic acids is 1. The summed E-state index contributed by atoms with van der Waals surface area (Å²) in [6, 6.07) is 16.7. The summed E-state index contributed by atoms with van der Waals surface area (Å²) in [5.74, 6) is 1.68. The van der Waals surface area contributed by atoms with Crippen LogP contribution in [0.1, 0.15) is 11.3 Å². The highest BCUT2D eigenvalue weighted by molar-refractivity contribution is 6.00. The summed E-state index contributed by atoms with van der Waals surface area (Å²) in [4.78, 5) is 29.2. The summed E-state index contributed by atoms with van der Waals surface area (Å²) in [6.45, 7) is 2.09. The molecule has 0 bridgehead atoms. The van der Waals surface area contributed by atoms with Crippen LogP contribution in [0.25, 0.3) is 5.65 Å². The third kappa shape index (κ3) is 5.26. The predicted molar refractivity (Wildman–Crippen MR) is 129 cm³/mol. The minimum absolute atomic E-state index is 0.143. The number of pyridine rings is 1. The van der Waals surface area contributed by atoms with Crippen LogP contribution in [-0.4, -0.2) is 29.6 Å². The van der Waals surface area contributed by atoms with Gasteiger partial charge in [-0.15, -0.1) is 0 Å². The molecule has 2 amide bonds. The van der Waals surface area contributed by atoms with Crippen LogP contribution in [0.15, 0.2) is 71.7 Å². The molecule has 2 aromatic heterocycles. The van der Waals surface area contributed by atoms with Crippen molar-refractivity contribution in [2.24, 2.45) is 0 Å². The van der Waals surface area contributed by atoms with Crippen molar-refractivity contribution in [3.63, 3.8) is 0 Å². The van der Waals surface area contributed by atoms with Crippen molar-refractivity contribution < 1.29 is 19.0 Å². The highest BCUT2D eigenvalue weighted by atomic mass is 16.5. The maximum absolute atomic E-state index is 12.4. The Hall–Kier alpha value is -4.53. The third-order valence-electron chi connectivity index (χ3n) is 5.03. The Morgan fingerprint density at radius 1 is 0.941 bits per heavy atom. The maximum atomic E-state index is 12.4. The Labute approximate surface area is 195 Å². The lowest BCUT2D eigenvalue weighted by molar-refractivity contribution is 0.262. The molecular weight excluding hydrogens is 436 g/mol. The number of nitrogens with zero attached hydrogens (tertiary/aromatic N) is 2. The number of hydrogen-bond acceptors (Lipinski definition) is 6. The van der Waals surface area contributed by atoms with E-state index in [4.69, 9.17) is 14.2 Å². The molecule has 0 aliphatic rings. The van der Waals surface area contributed by atoms with Crippen LogP contribution < -0.4 is 30.4 Å². The summed E-state index contributed by atoms with van der Waals surface area (Å²) in [5, 5.41) is 5.50. The van der Waals surface area contributed by atoms with Gasteiger partial charge in [0, 0.05) is 24.0 Å². The van der Waals surface area contributed by atoms with E-state index in [1.54, 1.807) is 55.8 Å². The van der Waals surface area contributed by atoms with E-state index in [9.17, 15) is 9.59 Å². The summed E-state index contributed by atoms with van der Waals surface area (Å²) in [7, 11) is 3.07. The second-order valence-electron chi connectivity index (χ2n) is 7.48. The monoisotopic (exact) mass is 460 g/mol. The van der Waals surface area contributed by atoms with Gasteiger partial charge in [0.1, 0.15) is 29.5 Å². The van der Waals surface area contributed by atoms with Crippen molar-refractivity contribution in [1.29, 1.82) is 0 Å². The average Bonchev–Trinajstić information content (AvgIpc) is 2.83. The first-order valence-electron chi connectivity index (χ1n) is 10.5. The van der Waals surface area contributed by atoms with Crippen molar-refractivity contribution in [3.8, 4) is 17.2 Å². The summed E-state index contributed by atoms with van der Waals surface area (Å²) < 4.78 is 17.7. The van der Waals surface area contributed by atoms with Gasteiger partial charge in [-0.25, -0.2) is 9.78 Å². The largest absolute Gasteiger partial charge is 0.497 e. The fourth-order valence-electron chi connectivity index (χ4n) is 3.31. The Bertz CT molecular complexity index is 1380. The molecule has 0 saturated carbocycles. The van der Waals surface area contributed by atoms with Crippen molar-refractivity contribution >= 4 is 23.1 Å². The number of benzene rings is 2. The average molecular weight is 460 g/mol. The molecule has 4 rings (SSSR count). The zero-order chi connectivity index (χ0) is 24.1. The molecule has 0 aliphatic carbocycles. The number of aromatic nitrogens is 2. The van der Waals surface area contributed by atoms with E-state index >= 15 is 0 Å². The fourth-order valence-corrected chi connectivity index (χ4v) is 3.31. The second kappa shape index (κ2) is 9.95. The molecule has 9 nitrogen and oxygen atoms in total. The van der Waals surface area contributed by atoms with Crippen LogP contribution in [0.4, 0.5) is 16.2 Å². The van der Waals surface area contributed by atoms with Gasteiger partial charge in [0.25, 0.3) is 5.56 Å². The summed E-state index contributed by atoms with van der Waals surface area (Å²) >= 11 is 0. The van der Waals surface area contributed by atoms with Crippen molar-refractivity contribution in [1.82, 2.24) is 9.38 Å². The van der Waals surface area contributed by atoms with Crippen LogP contribution in [-0.2, 0) is 6.61 Å². The lowest BCUT2D eigenvalue weighted by atomic mass is 10.2. The van der Waals surface area contributed by atoms with Crippen LogP contribution in [0, 0.1) is 6.92 Å². The molecule has 0 unspecified atom stereocenters. The number of anilines is 2. The number of methoxy groups -OCH3 is 2. The Kier molecular flexibility index (Phi) is 6.63. The normalized spacial score (nSPS) is 10.6. The quantitative estimate of drug-likeness (QED) is 0.428. The highest BCUT2D eigenvalue weighted by Gasteiger charge is 2.10. The van der Waals surface area contributed by atoms with Gasteiger partial charge >= 0.3 is 6.03 Å². The zero-order valence-corrected chi connectivity index (χ0v) is 19.0. The van der Waals surface area contributed by atoms with Crippen molar-refractivity contribution in [2.45, 2.75) is 13.5 Å². The van der Waals surface area contributed by atoms with E-state index < -0.39 is 6.03 Å². The first-order valence-corrected chi connectivity index (χ1v) is 10.5. The predicted octanol–water partition coefficient (Wildman–Crippen LogP) is 4.24. The molecule has 0 radical (unpaired) electrons. The number of aryl methyl sites for hydroxylation is 1. The minimum atomic E-state index is -0.423. The number of urea groups is 1. The van der Waals surface area contributed by atoms with E-state index in [0.717, 1.165) is 5.56 Å². The number of amides is 2. The molecule has 0 spiro atoms. The Balaban J connectivity index is 1.37. The van der Waals surface area contributed by atoms with Gasteiger partial charge in [0.15, 0.2) is 0 Å². The van der Waals surface area contributed by atoms with E-state index in [1.165, 1.54) is 17.6 Å². The number of rotatable bonds is 7. The molecule has 9 heteroatoms. The van der Waals surface area contributed by atoms with Crippen LogP contribution >= 0.6 is 0 Å². The molecule has 0 fully saturated rings. The van der Waals surface area contributed by atoms with Gasteiger partial charge in [-0.1, -0.05) is 0 Å².